The summed E-state index contributed by atoms with van der Waals surface area (Å²) in [6, 6.07) is 0.253. The minimum absolute atomic E-state index is 0.253. The number of hydrogen-bond donors (Lipinski definition) is 1. The summed E-state index contributed by atoms with van der Waals surface area (Å²) in [5, 5.41) is 2.36. The summed E-state index contributed by atoms with van der Waals surface area (Å²) in [5.74, 6) is -0.341. The summed E-state index contributed by atoms with van der Waals surface area (Å²) < 4.78 is 7.05. The fourth-order valence-corrected chi connectivity index (χ4v) is 3.25. The molecule has 0 aromatic carbocycles. The normalized spacial score (nSPS) is 11.1. The number of hydrogen-bond acceptors (Lipinski definition) is 5. The van der Waals surface area contributed by atoms with E-state index in [0.717, 1.165) is 22.6 Å². The topological polar surface area (TPSA) is 70.1 Å². The standard InChI is InChI=1S/C14H19N3O2S/c1-7(2)17-8(3)11(10-6-20-14(15)16-10)12(9(17)4)13(18)19-5/h6-7H,1-5H3,(H2,15,16). The molecule has 0 saturated carbocycles. The number of anilines is 1. The Labute approximate surface area is 122 Å². The third-order valence-corrected chi connectivity index (χ3v) is 4.05. The first kappa shape index (κ1) is 14.6. The molecule has 0 radical (unpaired) electrons. The van der Waals surface area contributed by atoms with Crippen LogP contribution in [-0.4, -0.2) is 22.6 Å². The second-order valence-electron chi connectivity index (χ2n) is 4.95. The van der Waals surface area contributed by atoms with Crippen molar-refractivity contribution < 1.29 is 9.53 Å². The van der Waals surface area contributed by atoms with Crippen LogP contribution in [0, 0.1) is 13.8 Å². The first-order valence-corrected chi connectivity index (χ1v) is 7.27. The minimum Gasteiger partial charge on any atom is -0.465 e. The van der Waals surface area contributed by atoms with Gasteiger partial charge in [-0.2, -0.15) is 0 Å². The number of ether oxygens (including phenoxy) is 1. The molecule has 108 valence electrons. The van der Waals surface area contributed by atoms with E-state index in [1.807, 2.05) is 19.2 Å². The number of nitrogens with two attached hydrogens (primary N) is 1. The molecule has 2 N–H and O–H groups in total. The molecule has 20 heavy (non-hydrogen) atoms. The van der Waals surface area contributed by atoms with Crippen molar-refractivity contribution in [2.45, 2.75) is 33.7 Å². The fraction of sp³-hybridized carbons (Fsp3) is 0.429. The van der Waals surface area contributed by atoms with Gasteiger partial charge in [-0.05, 0) is 27.7 Å². The predicted molar refractivity (Wildman–Crippen MR) is 81.2 cm³/mol. The molecule has 0 aliphatic heterocycles. The van der Waals surface area contributed by atoms with Crippen LogP contribution in [-0.2, 0) is 4.74 Å². The van der Waals surface area contributed by atoms with E-state index in [1.54, 1.807) is 0 Å². The van der Waals surface area contributed by atoms with E-state index in [4.69, 9.17) is 10.5 Å². The van der Waals surface area contributed by atoms with E-state index in [-0.39, 0.29) is 12.0 Å². The van der Waals surface area contributed by atoms with Gasteiger partial charge in [0.05, 0.1) is 18.4 Å². The Morgan fingerprint density at radius 3 is 2.50 bits per heavy atom. The molecule has 0 fully saturated rings. The van der Waals surface area contributed by atoms with E-state index >= 15 is 0 Å². The highest BCUT2D eigenvalue weighted by atomic mass is 32.1. The van der Waals surface area contributed by atoms with E-state index in [9.17, 15) is 4.79 Å². The molecular weight excluding hydrogens is 274 g/mol. The Bertz CT molecular complexity index is 656. The van der Waals surface area contributed by atoms with Crippen LogP contribution in [0.4, 0.5) is 5.13 Å². The van der Waals surface area contributed by atoms with Crippen LogP contribution in [0.25, 0.3) is 11.3 Å². The fourth-order valence-electron chi connectivity index (χ4n) is 2.70. The van der Waals surface area contributed by atoms with Gasteiger partial charge >= 0.3 is 5.97 Å². The third kappa shape index (κ3) is 2.20. The number of thiazole rings is 1. The lowest BCUT2D eigenvalue weighted by atomic mass is 10.1. The van der Waals surface area contributed by atoms with Crippen LogP contribution in [0.2, 0.25) is 0 Å². The van der Waals surface area contributed by atoms with Crippen molar-refractivity contribution in [1.82, 2.24) is 9.55 Å². The number of nitrogen functional groups attached to an aromatic ring is 1. The molecule has 0 amide bonds. The third-order valence-electron chi connectivity index (χ3n) is 3.38. The summed E-state index contributed by atoms with van der Waals surface area (Å²) in [4.78, 5) is 16.4. The number of methoxy groups -OCH3 is 1. The van der Waals surface area contributed by atoms with Gasteiger partial charge in [0.25, 0.3) is 0 Å². The Morgan fingerprint density at radius 2 is 2.05 bits per heavy atom. The molecule has 0 unspecified atom stereocenters. The van der Waals surface area contributed by atoms with Crippen molar-refractivity contribution in [3.63, 3.8) is 0 Å². The molecule has 0 aliphatic carbocycles. The maximum absolute atomic E-state index is 12.1. The molecule has 5 nitrogen and oxygen atoms in total. The zero-order chi connectivity index (χ0) is 15.0. The summed E-state index contributed by atoms with van der Waals surface area (Å²) >= 11 is 1.36. The highest BCUT2D eigenvalue weighted by Gasteiger charge is 2.26. The molecule has 0 aliphatic rings. The SMILES string of the molecule is COC(=O)c1c(-c2csc(N)n2)c(C)n(C(C)C)c1C. The van der Waals surface area contributed by atoms with E-state index in [2.05, 4.69) is 23.4 Å². The first-order chi connectivity index (χ1) is 9.38. The van der Waals surface area contributed by atoms with Gasteiger partial charge in [-0.15, -0.1) is 11.3 Å². The number of carbonyl (C=O) groups excluding carboxylic acids is 1. The molecule has 0 bridgehead atoms. The summed E-state index contributed by atoms with van der Waals surface area (Å²) in [7, 11) is 1.39. The zero-order valence-corrected chi connectivity index (χ0v) is 13.2. The van der Waals surface area contributed by atoms with Crippen LogP contribution in [0.5, 0.6) is 0 Å². The summed E-state index contributed by atoms with van der Waals surface area (Å²) in [5.41, 5.74) is 9.73. The molecule has 2 aromatic heterocycles. The molecule has 2 aromatic rings. The maximum Gasteiger partial charge on any atom is 0.340 e. The van der Waals surface area contributed by atoms with E-state index in [1.165, 1.54) is 18.4 Å². The quantitative estimate of drug-likeness (QED) is 0.882. The molecule has 0 spiro atoms. The van der Waals surface area contributed by atoms with Crippen LogP contribution in [0.3, 0.4) is 0 Å². The lowest BCUT2D eigenvalue weighted by molar-refractivity contribution is 0.0600. The molecule has 2 rings (SSSR count). The van der Waals surface area contributed by atoms with Crippen LogP contribution in [0.15, 0.2) is 5.38 Å². The Balaban J connectivity index is 2.77. The Morgan fingerprint density at radius 1 is 1.40 bits per heavy atom. The van der Waals surface area contributed by atoms with Crippen LogP contribution < -0.4 is 5.73 Å². The van der Waals surface area contributed by atoms with Gasteiger partial charge < -0.3 is 15.0 Å². The second kappa shape index (κ2) is 5.28. The summed E-state index contributed by atoms with van der Waals surface area (Å²) in [6.07, 6.45) is 0. The number of carbonyl (C=O) groups is 1. The van der Waals surface area contributed by atoms with Crippen molar-refractivity contribution in [1.29, 1.82) is 0 Å². The highest BCUT2D eigenvalue weighted by molar-refractivity contribution is 7.13. The Kier molecular flexibility index (Phi) is 3.85. The lowest BCUT2D eigenvalue weighted by Gasteiger charge is -2.13. The maximum atomic E-state index is 12.1. The van der Waals surface area contributed by atoms with Crippen molar-refractivity contribution in [3.8, 4) is 11.3 Å². The van der Waals surface area contributed by atoms with Crippen molar-refractivity contribution in [2.24, 2.45) is 0 Å². The van der Waals surface area contributed by atoms with Gasteiger partial charge in [-0.1, -0.05) is 0 Å². The number of rotatable bonds is 3. The van der Waals surface area contributed by atoms with Crippen molar-refractivity contribution in [3.05, 3.63) is 22.3 Å². The molecular formula is C14H19N3O2S. The minimum atomic E-state index is -0.341. The molecule has 0 atom stereocenters. The van der Waals surface area contributed by atoms with Crippen LogP contribution >= 0.6 is 11.3 Å². The largest absolute Gasteiger partial charge is 0.465 e. The Hall–Kier alpha value is -1.82. The van der Waals surface area contributed by atoms with Gasteiger partial charge in [0.15, 0.2) is 5.13 Å². The van der Waals surface area contributed by atoms with E-state index in [0.29, 0.717) is 10.7 Å². The van der Waals surface area contributed by atoms with Crippen molar-refractivity contribution >= 4 is 22.4 Å². The number of aromatic nitrogens is 2. The molecule has 2 heterocycles. The van der Waals surface area contributed by atoms with E-state index < -0.39 is 0 Å². The van der Waals surface area contributed by atoms with Gasteiger partial charge in [0, 0.05) is 28.4 Å². The monoisotopic (exact) mass is 293 g/mol. The average Bonchev–Trinajstić information content (AvgIpc) is 2.90. The number of nitrogens with zero attached hydrogens (tertiary/aromatic N) is 2. The predicted octanol–water partition coefficient (Wildman–Crippen LogP) is 3.18. The van der Waals surface area contributed by atoms with Gasteiger partial charge in [-0.3, -0.25) is 0 Å². The average molecular weight is 293 g/mol. The highest BCUT2D eigenvalue weighted by Crippen LogP contribution is 2.35. The first-order valence-electron chi connectivity index (χ1n) is 6.39. The smallest absolute Gasteiger partial charge is 0.340 e. The molecule has 0 saturated heterocycles. The molecule has 6 heteroatoms. The van der Waals surface area contributed by atoms with Gasteiger partial charge in [0.2, 0.25) is 0 Å². The van der Waals surface area contributed by atoms with Crippen molar-refractivity contribution in [2.75, 3.05) is 12.8 Å². The zero-order valence-electron chi connectivity index (χ0n) is 12.4. The van der Waals surface area contributed by atoms with Gasteiger partial charge in [-0.25, -0.2) is 9.78 Å². The van der Waals surface area contributed by atoms with Crippen LogP contribution in [0.1, 0.15) is 41.6 Å². The second-order valence-corrected chi connectivity index (χ2v) is 5.84. The number of esters is 1. The lowest BCUT2D eigenvalue weighted by Crippen LogP contribution is -2.07. The van der Waals surface area contributed by atoms with Gasteiger partial charge in [0.1, 0.15) is 0 Å². The summed E-state index contributed by atoms with van der Waals surface area (Å²) in [6.45, 7) is 8.09.